The zero-order valence-electron chi connectivity index (χ0n) is 20.5. The van der Waals surface area contributed by atoms with E-state index in [9.17, 15) is 9.59 Å². The van der Waals surface area contributed by atoms with Crippen LogP contribution >= 0.6 is 0 Å². The van der Waals surface area contributed by atoms with Crippen molar-refractivity contribution in [3.05, 3.63) is 59.1 Å². The van der Waals surface area contributed by atoms with Crippen LogP contribution in [-0.4, -0.2) is 76.9 Å². The molecule has 5 rings (SSSR count). The number of likely N-dealkylation sites (tertiary alicyclic amines) is 1. The summed E-state index contributed by atoms with van der Waals surface area (Å²) in [5, 5.41) is 3.89. The highest BCUT2D eigenvalue weighted by molar-refractivity contribution is 6.04. The zero-order valence-corrected chi connectivity index (χ0v) is 20.5. The molecule has 2 amide bonds. The number of nitrogens with one attached hydrogen (secondary N) is 1. The van der Waals surface area contributed by atoms with Crippen LogP contribution in [0.3, 0.4) is 0 Å². The topological polar surface area (TPSA) is 84.6 Å². The highest BCUT2D eigenvalue weighted by Crippen LogP contribution is 2.29. The lowest BCUT2D eigenvalue weighted by molar-refractivity contribution is 0.0942. The Balaban J connectivity index is 1.43. The van der Waals surface area contributed by atoms with E-state index in [0.717, 1.165) is 51.8 Å². The van der Waals surface area contributed by atoms with Crippen LogP contribution in [0.25, 0.3) is 33.1 Å². The fourth-order valence-electron chi connectivity index (χ4n) is 4.54. The number of urea groups is 1. The van der Waals surface area contributed by atoms with Crippen LogP contribution in [0.15, 0.2) is 53.5 Å². The minimum atomic E-state index is -0.0871. The van der Waals surface area contributed by atoms with Crippen LogP contribution in [0.4, 0.5) is 10.5 Å². The average Bonchev–Trinajstić information content (AvgIpc) is 3.06. The largest absolute Gasteiger partial charge is 0.383 e. The first-order valence-corrected chi connectivity index (χ1v) is 11.7. The van der Waals surface area contributed by atoms with E-state index in [4.69, 9.17) is 4.74 Å². The number of hydrogen-bond donors (Lipinski definition) is 1. The summed E-state index contributed by atoms with van der Waals surface area (Å²) in [7, 11) is 7.45. The summed E-state index contributed by atoms with van der Waals surface area (Å²) in [5.41, 5.74) is 5.17. The summed E-state index contributed by atoms with van der Waals surface area (Å²) in [5.74, 6) is 0. The van der Waals surface area contributed by atoms with E-state index in [1.165, 1.54) is 0 Å². The molecular weight excluding hydrogens is 444 g/mol. The number of pyridine rings is 1. The summed E-state index contributed by atoms with van der Waals surface area (Å²) in [6.07, 6.45) is 1.75. The second kappa shape index (κ2) is 9.16. The van der Waals surface area contributed by atoms with Gasteiger partial charge in [-0.05, 0) is 49.5 Å². The van der Waals surface area contributed by atoms with Crippen molar-refractivity contribution in [2.75, 3.05) is 46.2 Å². The molecule has 0 saturated carbocycles. The number of amides is 2. The third-order valence-corrected chi connectivity index (χ3v) is 6.84. The Labute approximate surface area is 203 Å². The number of imidazole rings is 1. The van der Waals surface area contributed by atoms with Gasteiger partial charge in [-0.3, -0.25) is 14.1 Å². The summed E-state index contributed by atoms with van der Waals surface area (Å²) in [6, 6.07) is 14.2. The van der Waals surface area contributed by atoms with Gasteiger partial charge in [-0.15, -0.1) is 0 Å². The molecule has 3 heterocycles. The van der Waals surface area contributed by atoms with E-state index >= 15 is 0 Å². The first-order valence-electron chi connectivity index (χ1n) is 11.7. The molecule has 9 heteroatoms. The van der Waals surface area contributed by atoms with Gasteiger partial charge in [0.1, 0.15) is 0 Å². The van der Waals surface area contributed by atoms with Gasteiger partial charge in [-0.1, -0.05) is 18.2 Å². The highest BCUT2D eigenvalue weighted by Gasteiger charge is 2.31. The first-order chi connectivity index (χ1) is 16.9. The van der Waals surface area contributed by atoms with Gasteiger partial charge in [0.2, 0.25) is 0 Å². The monoisotopic (exact) mass is 474 g/mol. The highest BCUT2D eigenvalue weighted by atomic mass is 16.5. The van der Waals surface area contributed by atoms with Gasteiger partial charge in [0.25, 0.3) is 0 Å². The molecule has 0 aliphatic carbocycles. The Morgan fingerprint density at radius 1 is 1.14 bits per heavy atom. The normalized spacial score (nSPS) is 14.1. The maximum absolute atomic E-state index is 12.8. The van der Waals surface area contributed by atoms with Gasteiger partial charge < -0.3 is 19.9 Å². The van der Waals surface area contributed by atoms with Crippen LogP contribution in [0, 0.1) is 0 Å². The van der Waals surface area contributed by atoms with Gasteiger partial charge >= 0.3 is 11.7 Å². The Hall–Kier alpha value is -3.69. The second-order valence-electron chi connectivity index (χ2n) is 9.24. The second-order valence-corrected chi connectivity index (χ2v) is 9.24. The molecular formula is C26H30N6O3. The summed E-state index contributed by atoms with van der Waals surface area (Å²) >= 11 is 0. The molecule has 1 aliphatic heterocycles. The third-order valence-electron chi connectivity index (χ3n) is 6.84. The number of fused-ring (bicyclic) bond motifs is 3. The van der Waals surface area contributed by atoms with Crippen molar-refractivity contribution in [3.8, 4) is 11.1 Å². The number of aromatic nitrogens is 3. The van der Waals surface area contributed by atoms with E-state index in [2.05, 4.69) is 21.3 Å². The molecule has 182 valence electrons. The SMILES string of the molecule is COCCn1c(=O)n(C)c2cnc3ccc(-c4ccc(NC(=O)N5CC(N(C)C)C5)cc4)cc3c21. The number of methoxy groups -OCH3 is 1. The predicted molar refractivity (Wildman–Crippen MR) is 138 cm³/mol. The lowest BCUT2D eigenvalue weighted by atomic mass is 10.0. The smallest absolute Gasteiger partial charge is 0.328 e. The molecule has 2 aromatic heterocycles. The Kier molecular flexibility index (Phi) is 6.04. The molecule has 0 atom stereocenters. The Morgan fingerprint density at radius 3 is 2.54 bits per heavy atom. The number of ether oxygens (including phenoxy) is 1. The van der Waals surface area contributed by atoms with Crippen LogP contribution in [0.1, 0.15) is 0 Å². The number of benzene rings is 2. The third kappa shape index (κ3) is 4.17. The van der Waals surface area contributed by atoms with Gasteiger partial charge in [-0.25, -0.2) is 9.59 Å². The standard InChI is InChI=1S/C26H30N6O3/c1-29(2)20-15-31(16-20)25(33)28-19-8-5-17(6-9-19)18-7-10-22-21(13-18)24-23(14-27-22)30(3)26(34)32(24)11-12-35-4/h5-10,13-14,20H,11-12,15-16H2,1-4H3,(H,28,33). The number of rotatable bonds is 6. The van der Waals surface area contributed by atoms with Crippen LogP contribution in [0.2, 0.25) is 0 Å². The quantitative estimate of drug-likeness (QED) is 0.465. The summed E-state index contributed by atoms with van der Waals surface area (Å²) in [4.78, 5) is 33.8. The number of likely N-dealkylation sites (N-methyl/N-ethyl adjacent to an activating group) is 1. The number of carbonyl (C=O) groups excluding carboxylic acids is 1. The molecule has 0 unspecified atom stereocenters. The molecule has 9 nitrogen and oxygen atoms in total. The number of aryl methyl sites for hydroxylation is 1. The number of carbonyl (C=O) groups is 1. The molecule has 1 aliphatic rings. The molecule has 0 bridgehead atoms. The lowest BCUT2D eigenvalue weighted by Crippen LogP contribution is -2.60. The van der Waals surface area contributed by atoms with Crippen molar-refractivity contribution >= 4 is 33.7 Å². The van der Waals surface area contributed by atoms with E-state index in [1.807, 2.05) is 55.4 Å². The van der Waals surface area contributed by atoms with Gasteiger partial charge in [0.15, 0.2) is 0 Å². The van der Waals surface area contributed by atoms with Crippen LogP contribution in [0.5, 0.6) is 0 Å². The fourth-order valence-corrected chi connectivity index (χ4v) is 4.54. The molecule has 1 saturated heterocycles. The maximum Gasteiger partial charge on any atom is 0.328 e. The summed E-state index contributed by atoms with van der Waals surface area (Å²) < 4.78 is 8.60. The van der Waals surface area contributed by atoms with Crippen molar-refractivity contribution < 1.29 is 9.53 Å². The molecule has 1 fully saturated rings. The number of hydrogen-bond acceptors (Lipinski definition) is 5. The molecule has 4 aromatic rings. The van der Waals surface area contributed by atoms with Crippen molar-refractivity contribution in [3.63, 3.8) is 0 Å². The predicted octanol–water partition coefficient (Wildman–Crippen LogP) is 2.98. The fraction of sp³-hybridized carbons (Fsp3) is 0.346. The van der Waals surface area contributed by atoms with Crippen molar-refractivity contribution in [2.24, 2.45) is 7.05 Å². The van der Waals surface area contributed by atoms with E-state index in [0.29, 0.717) is 19.2 Å². The Bertz CT molecular complexity index is 1450. The van der Waals surface area contributed by atoms with E-state index in [-0.39, 0.29) is 11.7 Å². The first kappa shape index (κ1) is 23.1. The molecule has 0 spiro atoms. The van der Waals surface area contributed by atoms with Crippen LogP contribution < -0.4 is 11.0 Å². The number of nitrogens with zero attached hydrogens (tertiary/aromatic N) is 5. The zero-order chi connectivity index (χ0) is 24.7. The maximum atomic E-state index is 12.8. The minimum Gasteiger partial charge on any atom is -0.383 e. The van der Waals surface area contributed by atoms with E-state index < -0.39 is 0 Å². The molecule has 1 N–H and O–H groups in total. The lowest BCUT2D eigenvalue weighted by Gasteiger charge is -2.42. The van der Waals surface area contributed by atoms with Crippen molar-refractivity contribution in [2.45, 2.75) is 12.6 Å². The summed E-state index contributed by atoms with van der Waals surface area (Å²) in [6.45, 7) is 2.40. The number of anilines is 1. The molecule has 0 radical (unpaired) electrons. The van der Waals surface area contributed by atoms with Gasteiger partial charge in [0, 0.05) is 44.4 Å². The van der Waals surface area contributed by atoms with Crippen LogP contribution in [-0.2, 0) is 18.3 Å². The average molecular weight is 475 g/mol. The van der Waals surface area contributed by atoms with Gasteiger partial charge in [-0.2, -0.15) is 0 Å². The van der Waals surface area contributed by atoms with Crippen molar-refractivity contribution in [1.82, 2.24) is 23.9 Å². The molecule has 2 aromatic carbocycles. The van der Waals surface area contributed by atoms with Crippen molar-refractivity contribution in [1.29, 1.82) is 0 Å². The van der Waals surface area contributed by atoms with E-state index in [1.54, 1.807) is 29.5 Å². The Morgan fingerprint density at radius 2 is 1.86 bits per heavy atom. The van der Waals surface area contributed by atoms with Gasteiger partial charge in [0.05, 0.1) is 35.9 Å². The minimum absolute atomic E-state index is 0.0758. The molecule has 35 heavy (non-hydrogen) atoms.